The fraction of sp³-hybridized carbons (Fsp3) is 0.800. The molecule has 1 unspecified atom stereocenters. The fourth-order valence-corrected chi connectivity index (χ4v) is 3.17. The molecule has 0 saturated carbocycles. The highest BCUT2D eigenvalue weighted by Gasteiger charge is 2.35. The number of aryl methyl sites for hydroxylation is 1. The summed E-state index contributed by atoms with van der Waals surface area (Å²) in [5, 5.41) is 3.51. The van der Waals surface area contributed by atoms with Crippen LogP contribution < -0.4 is 5.32 Å². The molecule has 0 aliphatic carbocycles. The molecular weight excluding hydrogens is 236 g/mol. The van der Waals surface area contributed by atoms with Crippen LogP contribution in [0.15, 0.2) is 12.4 Å². The molecule has 1 aromatic rings. The van der Waals surface area contributed by atoms with Gasteiger partial charge >= 0.3 is 0 Å². The van der Waals surface area contributed by atoms with E-state index in [-0.39, 0.29) is 5.54 Å². The van der Waals surface area contributed by atoms with Gasteiger partial charge in [-0.25, -0.2) is 4.98 Å². The van der Waals surface area contributed by atoms with E-state index in [9.17, 15) is 0 Å². The van der Waals surface area contributed by atoms with Crippen molar-refractivity contribution in [3.05, 3.63) is 18.2 Å². The maximum Gasteiger partial charge on any atom is 0.109 e. The number of nitrogens with zero attached hydrogens (tertiary/aromatic N) is 3. The molecule has 1 atom stereocenters. The Morgan fingerprint density at radius 2 is 2.00 bits per heavy atom. The number of rotatable bonds is 5. The van der Waals surface area contributed by atoms with Gasteiger partial charge in [0.2, 0.25) is 0 Å². The maximum absolute atomic E-state index is 4.47. The van der Waals surface area contributed by atoms with Crippen LogP contribution in [0.3, 0.4) is 0 Å². The number of imidazole rings is 1. The van der Waals surface area contributed by atoms with Gasteiger partial charge < -0.3 is 9.88 Å². The van der Waals surface area contributed by atoms with Gasteiger partial charge in [-0.2, -0.15) is 0 Å². The summed E-state index contributed by atoms with van der Waals surface area (Å²) < 4.78 is 2.12. The molecule has 19 heavy (non-hydrogen) atoms. The van der Waals surface area contributed by atoms with Gasteiger partial charge in [-0.05, 0) is 46.8 Å². The average molecular weight is 264 g/mol. The quantitative estimate of drug-likeness (QED) is 0.880. The minimum absolute atomic E-state index is 0.168. The van der Waals surface area contributed by atoms with E-state index in [0.717, 1.165) is 12.2 Å². The number of likely N-dealkylation sites (N-methyl/N-ethyl adjacent to an activating group) is 1. The Kier molecular flexibility index (Phi) is 4.63. The van der Waals surface area contributed by atoms with Crippen LogP contribution in [-0.4, -0.2) is 46.2 Å². The van der Waals surface area contributed by atoms with E-state index in [2.05, 4.69) is 47.7 Å². The summed E-state index contributed by atoms with van der Waals surface area (Å²) in [5.41, 5.74) is 0.168. The first kappa shape index (κ1) is 14.5. The van der Waals surface area contributed by atoms with Crippen LogP contribution in [0, 0.1) is 0 Å². The molecule has 0 spiro atoms. The molecule has 1 fully saturated rings. The number of hydrogen-bond acceptors (Lipinski definition) is 3. The zero-order valence-corrected chi connectivity index (χ0v) is 12.8. The summed E-state index contributed by atoms with van der Waals surface area (Å²) in [6.45, 7) is 7.18. The van der Waals surface area contributed by atoms with Gasteiger partial charge in [-0.15, -0.1) is 0 Å². The van der Waals surface area contributed by atoms with E-state index in [0.29, 0.717) is 6.04 Å². The average Bonchev–Trinajstić information content (AvgIpc) is 2.82. The minimum Gasteiger partial charge on any atom is -0.338 e. The first-order chi connectivity index (χ1) is 9.05. The van der Waals surface area contributed by atoms with Gasteiger partial charge in [-0.3, -0.25) is 4.90 Å². The molecule has 1 N–H and O–H groups in total. The van der Waals surface area contributed by atoms with Crippen molar-refractivity contribution in [2.75, 3.05) is 20.1 Å². The smallest absolute Gasteiger partial charge is 0.109 e. The summed E-state index contributed by atoms with van der Waals surface area (Å²) in [6.07, 6.45) is 8.94. The van der Waals surface area contributed by atoms with Crippen LogP contribution in [0.5, 0.6) is 0 Å². The van der Waals surface area contributed by atoms with Crippen LogP contribution in [0.4, 0.5) is 0 Å². The molecule has 2 heterocycles. The third-order valence-corrected chi connectivity index (χ3v) is 4.68. The molecule has 1 aromatic heterocycles. The second-order valence-corrected chi connectivity index (χ2v) is 6.20. The molecule has 1 aliphatic heterocycles. The van der Waals surface area contributed by atoms with Gasteiger partial charge in [0.1, 0.15) is 5.82 Å². The molecule has 1 saturated heterocycles. The molecule has 0 amide bonds. The Bertz CT molecular complexity index is 391. The first-order valence-corrected chi connectivity index (χ1v) is 7.44. The van der Waals surface area contributed by atoms with Gasteiger partial charge in [0.25, 0.3) is 0 Å². The molecule has 4 heteroatoms. The van der Waals surface area contributed by atoms with E-state index in [4.69, 9.17) is 0 Å². The number of hydrogen-bond donors (Lipinski definition) is 1. The van der Waals surface area contributed by atoms with Gasteiger partial charge in [0, 0.05) is 37.4 Å². The van der Waals surface area contributed by atoms with Crippen LogP contribution in [0.25, 0.3) is 0 Å². The van der Waals surface area contributed by atoms with Crippen molar-refractivity contribution in [3.8, 4) is 0 Å². The van der Waals surface area contributed by atoms with Gasteiger partial charge in [0.05, 0.1) is 0 Å². The second-order valence-electron chi connectivity index (χ2n) is 6.20. The molecule has 108 valence electrons. The van der Waals surface area contributed by atoms with Crippen molar-refractivity contribution < 1.29 is 0 Å². The highest BCUT2D eigenvalue weighted by molar-refractivity contribution is 5.02. The Morgan fingerprint density at radius 3 is 2.53 bits per heavy atom. The Morgan fingerprint density at radius 1 is 1.32 bits per heavy atom. The maximum atomic E-state index is 4.47. The molecule has 0 bridgehead atoms. The van der Waals surface area contributed by atoms with Crippen molar-refractivity contribution in [2.45, 2.75) is 51.1 Å². The summed E-state index contributed by atoms with van der Waals surface area (Å²) in [5.74, 6) is 1.16. The van der Waals surface area contributed by atoms with E-state index in [1.54, 1.807) is 0 Å². The molecule has 0 radical (unpaired) electrons. The topological polar surface area (TPSA) is 33.1 Å². The van der Waals surface area contributed by atoms with Crippen molar-refractivity contribution >= 4 is 0 Å². The highest BCUT2D eigenvalue weighted by Crippen LogP contribution is 2.25. The summed E-state index contributed by atoms with van der Waals surface area (Å²) in [4.78, 5) is 7.11. The van der Waals surface area contributed by atoms with E-state index >= 15 is 0 Å². The summed E-state index contributed by atoms with van der Waals surface area (Å²) in [7, 11) is 4.14. The molecule has 0 aromatic carbocycles. The van der Waals surface area contributed by atoms with Crippen molar-refractivity contribution in [3.63, 3.8) is 0 Å². The van der Waals surface area contributed by atoms with Crippen molar-refractivity contribution in [1.82, 2.24) is 19.8 Å². The van der Waals surface area contributed by atoms with Crippen molar-refractivity contribution in [2.24, 2.45) is 7.05 Å². The highest BCUT2D eigenvalue weighted by atomic mass is 15.2. The van der Waals surface area contributed by atoms with Crippen LogP contribution in [0.2, 0.25) is 0 Å². The minimum atomic E-state index is 0.168. The third kappa shape index (κ3) is 3.18. The van der Waals surface area contributed by atoms with Gasteiger partial charge in [-0.1, -0.05) is 6.42 Å². The lowest BCUT2D eigenvalue weighted by molar-refractivity contribution is 0.0627. The lowest BCUT2D eigenvalue weighted by Crippen LogP contribution is -2.59. The zero-order chi connectivity index (χ0) is 13.9. The summed E-state index contributed by atoms with van der Waals surface area (Å²) >= 11 is 0. The van der Waals surface area contributed by atoms with E-state index in [1.807, 2.05) is 12.4 Å². The Labute approximate surface area is 117 Å². The normalized spacial score (nSPS) is 19.6. The predicted octanol–water partition coefficient (Wildman–Crippen LogP) is 1.82. The fourth-order valence-electron chi connectivity index (χ4n) is 3.17. The number of likely N-dealkylation sites (tertiary alicyclic amines) is 1. The Balaban J connectivity index is 2.08. The molecular formula is C15H28N4. The largest absolute Gasteiger partial charge is 0.338 e. The zero-order valence-electron chi connectivity index (χ0n) is 12.8. The lowest BCUT2D eigenvalue weighted by atomic mass is 9.88. The van der Waals surface area contributed by atoms with Crippen LogP contribution in [-0.2, 0) is 13.5 Å². The summed E-state index contributed by atoms with van der Waals surface area (Å²) in [6, 6.07) is 0.423. The number of aromatic nitrogens is 2. The molecule has 2 rings (SSSR count). The third-order valence-electron chi connectivity index (χ3n) is 4.68. The molecule has 4 nitrogen and oxygen atoms in total. The van der Waals surface area contributed by atoms with Crippen LogP contribution in [0.1, 0.15) is 38.9 Å². The monoisotopic (exact) mass is 264 g/mol. The van der Waals surface area contributed by atoms with Gasteiger partial charge in [0.15, 0.2) is 0 Å². The second kappa shape index (κ2) is 6.06. The van der Waals surface area contributed by atoms with E-state index < -0.39 is 0 Å². The Hall–Kier alpha value is -0.870. The van der Waals surface area contributed by atoms with Crippen LogP contribution >= 0.6 is 0 Å². The molecule has 1 aliphatic rings. The number of nitrogens with one attached hydrogen (secondary N) is 1. The standard InChI is InChI=1S/C15H28N4/c1-15(2,19-9-6-5-7-10-19)13(16-3)12-14-17-8-11-18(14)4/h8,11,13,16H,5-7,9-10,12H2,1-4H3. The van der Waals surface area contributed by atoms with E-state index in [1.165, 1.54) is 32.4 Å². The first-order valence-electron chi connectivity index (χ1n) is 7.44. The predicted molar refractivity (Wildman–Crippen MR) is 79.3 cm³/mol. The SMILES string of the molecule is CNC(Cc1nccn1C)C(C)(C)N1CCCCC1. The number of piperidine rings is 1. The lowest BCUT2D eigenvalue weighted by Gasteiger charge is -2.46. The van der Waals surface area contributed by atoms with Crippen molar-refractivity contribution in [1.29, 1.82) is 0 Å².